The summed E-state index contributed by atoms with van der Waals surface area (Å²) in [7, 11) is 0. The Morgan fingerprint density at radius 3 is 2.44 bits per heavy atom. The van der Waals surface area contributed by atoms with Gasteiger partial charge in [-0.2, -0.15) is 0 Å². The summed E-state index contributed by atoms with van der Waals surface area (Å²) >= 11 is 0. The molecule has 0 aliphatic carbocycles. The van der Waals surface area contributed by atoms with Crippen LogP contribution in [-0.2, 0) is 0 Å². The molecule has 0 amide bonds. The fourth-order valence-electron chi connectivity index (χ4n) is 2.90. The maximum absolute atomic E-state index is 12.9. The molecule has 122 valence electrons. The van der Waals surface area contributed by atoms with Crippen molar-refractivity contribution in [2.24, 2.45) is 0 Å². The van der Waals surface area contributed by atoms with Crippen LogP contribution >= 0.6 is 0 Å². The minimum absolute atomic E-state index is 0.0925. The standard InChI is InChI=1S/C20H16N4O/c21-15-5-1-3-12(7-15)14-9-17-18(11-24-20(17)23-10-14)19(25)13-4-2-6-16(22)8-13/h1-11H,21-22H2,(H,23,24). The first-order valence-electron chi connectivity index (χ1n) is 7.85. The summed E-state index contributed by atoms with van der Waals surface area (Å²) in [6, 6.07) is 16.5. The molecular formula is C20H16N4O. The van der Waals surface area contributed by atoms with Crippen LogP contribution in [0.15, 0.2) is 67.0 Å². The number of rotatable bonds is 3. The van der Waals surface area contributed by atoms with E-state index in [0.717, 1.165) is 16.5 Å². The quantitative estimate of drug-likeness (QED) is 0.395. The largest absolute Gasteiger partial charge is 0.399 e. The fourth-order valence-corrected chi connectivity index (χ4v) is 2.90. The van der Waals surface area contributed by atoms with Crippen molar-refractivity contribution in [3.63, 3.8) is 0 Å². The van der Waals surface area contributed by atoms with Gasteiger partial charge in [-0.15, -0.1) is 0 Å². The predicted molar refractivity (Wildman–Crippen MR) is 100 cm³/mol. The van der Waals surface area contributed by atoms with Gasteiger partial charge in [0.25, 0.3) is 0 Å². The molecule has 0 bridgehead atoms. The molecule has 0 atom stereocenters. The maximum atomic E-state index is 12.9. The molecule has 0 fully saturated rings. The molecule has 0 saturated heterocycles. The second-order valence-corrected chi connectivity index (χ2v) is 5.90. The molecule has 0 radical (unpaired) electrons. The monoisotopic (exact) mass is 328 g/mol. The molecule has 2 heterocycles. The molecule has 4 aromatic rings. The lowest BCUT2D eigenvalue weighted by Gasteiger charge is -2.04. The number of pyridine rings is 1. The van der Waals surface area contributed by atoms with Crippen molar-refractivity contribution in [1.29, 1.82) is 0 Å². The Morgan fingerprint density at radius 1 is 0.920 bits per heavy atom. The minimum Gasteiger partial charge on any atom is -0.399 e. The van der Waals surface area contributed by atoms with Gasteiger partial charge in [-0.05, 0) is 35.9 Å². The average Bonchev–Trinajstić information content (AvgIpc) is 3.04. The maximum Gasteiger partial charge on any atom is 0.195 e. The summed E-state index contributed by atoms with van der Waals surface area (Å²) in [5.74, 6) is -0.0925. The zero-order valence-electron chi connectivity index (χ0n) is 13.4. The second kappa shape index (κ2) is 5.79. The van der Waals surface area contributed by atoms with Crippen LogP contribution in [0.1, 0.15) is 15.9 Å². The van der Waals surface area contributed by atoms with Crippen molar-refractivity contribution in [3.8, 4) is 11.1 Å². The van der Waals surface area contributed by atoms with E-state index in [4.69, 9.17) is 11.5 Å². The minimum atomic E-state index is -0.0925. The van der Waals surface area contributed by atoms with E-state index in [0.29, 0.717) is 28.1 Å². The van der Waals surface area contributed by atoms with Crippen LogP contribution in [0, 0.1) is 0 Å². The molecule has 2 aromatic heterocycles. The van der Waals surface area contributed by atoms with Gasteiger partial charge in [0.05, 0.1) is 0 Å². The van der Waals surface area contributed by atoms with Crippen LogP contribution in [0.5, 0.6) is 0 Å². The van der Waals surface area contributed by atoms with E-state index in [9.17, 15) is 4.79 Å². The molecule has 5 heteroatoms. The van der Waals surface area contributed by atoms with Crippen LogP contribution in [0.25, 0.3) is 22.2 Å². The Morgan fingerprint density at radius 2 is 1.68 bits per heavy atom. The Hall–Kier alpha value is -3.60. The highest BCUT2D eigenvalue weighted by Crippen LogP contribution is 2.27. The predicted octanol–water partition coefficient (Wildman–Crippen LogP) is 3.63. The summed E-state index contributed by atoms with van der Waals surface area (Å²) < 4.78 is 0. The van der Waals surface area contributed by atoms with Gasteiger partial charge in [0.15, 0.2) is 5.78 Å². The van der Waals surface area contributed by atoms with E-state index in [-0.39, 0.29) is 5.78 Å². The molecule has 2 aromatic carbocycles. The third kappa shape index (κ3) is 2.72. The zero-order valence-corrected chi connectivity index (χ0v) is 13.4. The number of fused-ring (bicyclic) bond motifs is 1. The molecule has 0 unspecified atom stereocenters. The number of nitrogens with two attached hydrogens (primary N) is 2. The molecule has 5 nitrogen and oxygen atoms in total. The van der Waals surface area contributed by atoms with Gasteiger partial charge in [0.2, 0.25) is 0 Å². The van der Waals surface area contributed by atoms with Gasteiger partial charge in [0, 0.05) is 45.8 Å². The van der Waals surface area contributed by atoms with E-state index in [2.05, 4.69) is 9.97 Å². The lowest BCUT2D eigenvalue weighted by Crippen LogP contribution is -2.01. The van der Waals surface area contributed by atoms with Gasteiger partial charge >= 0.3 is 0 Å². The van der Waals surface area contributed by atoms with Gasteiger partial charge in [-0.25, -0.2) is 4.98 Å². The smallest absolute Gasteiger partial charge is 0.195 e. The number of nitrogens with zero attached hydrogens (tertiary/aromatic N) is 1. The number of anilines is 2. The number of hydrogen-bond acceptors (Lipinski definition) is 4. The number of carbonyl (C=O) groups excluding carboxylic acids is 1. The number of aromatic nitrogens is 2. The number of ketones is 1. The average molecular weight is 328 g/mol. The fraction of sp³-hybridized carbons (Fsp3) is 0. The second-order valence-electron chi connectivity index (χ2n) is 5.90. The molecule has 0 aliphatic heterocycles. The van der Waals surface area contributed by atoms with E-state index in [1.54, 1.807) is 36.7 Å². The molecular weight excluding hydrogens is 312 g/mol. The Kier molecular flexibility index (Phi) is 3.47. The van der Waals surface area contributed by atoms with Crippen molar-refractivity contribution in [2.75, 3.05) is 11.5 Å². The van der Waals surface area contributed by atoms with Crippen molar-refractivity contribution in [3.05, 3.63) is 78.1 Å². The van der Waals surface area contributed by atoms with Gasteiger partial charge in [-0.3, -0.25) is 4.79 Å². The van der Waals surface area contributed by atoms with Crippen molar-refractivity contribution < 1.29 is 4.79 Å². The Balaban J connectivity index is 1.83. The molecule has 0 saturated carbocycles. The molecule has 5 N–H and O–H groups in total. The number of nitrogen functional groups attached to an aromatic ring is 2. The van der Waals surface area contributed by atoms with Crippen molar-refractivity contribution >= 4 is 28.2 Å². The molecule has 25 heavy (non-hydrogen) atoms. The summed E-state index contributed by atoms with van der Waals surface area (Å²) in [5, 5.41) is 0.771. The number of benzene rings is 2. The first-order chi connectivity index (χ1) is 12.1. The summed E-state index contributed by atoms with van der Waals surface area (Å²) in [4.78, 5) is 20.3. The molecule has 4 rings (SSSR count). The van der Waals surface area contributed by atoms with Crippen molar-refractivity contribution in [1.82, 2.24) is 9.97 Å². The van der Waals surface area contributed by atoms with Crippen LogP contribution in [0.2, 0.25) is 0 Å². The van der Waals surface area contributed by atoms with E-state index in [1.165, 1.54) is 0 Å². The lowest BCUT2D eigenvalue weighted by atomic mass is 10.0. The number of hydrogen-bond donors (Lipinski definition) is 3. The SMILES string of the molecule is Nc1cccc(C(=O)c2c[nH]c3ncc(-c4cccc(N)c4)cc23)c1. The zero-order chi connectivity index (χ0) is 17.4. The van der Waals surface area contributed by atoms with Gasteiger partial charge in [0.1, 0.15) is 5.65 Å². The molecule has 0 spiro atoms. The van der Waals surface area contributed by atoms with E-state index in [1.807, 2.05) is 30.3 Å². The Bertz CT molecular complexity index is 1100. The van der Waals surface area contributed by atoms with Crippen LogP contribution < -0.4 is 11.5 Å². The highest BCUT2D eigenvalue weighted by atomic mass is 16.1. The first-order valence-corrected chi connectivity index (χ1v) is 7.85. The lowest BCUT2D eigenvalue weighted by molar-refractivity contribution is 0.104. The normalized spacial score (nSPS) is 10.9. The highest BCUT2D eigenvalue weighted by Gasteiger charge is 2.16. The number of nitrogens with one attached hydrogen (secondary N) is 1. The van der Waals surface area contributed by atoms with Gasteiger partial charge < -0.3 is 16.5 Å². The van der Waals surface area contributed by atoms with Crippen LogP contribution in [0.4, 0.5) is 11.4 Å². The first kappa shape index (κ1) is 15.0. The Labute approximate surface area is 144 Å². The van der Waals surface area contributed by atoms with E-state index < -0.39 is 0 Å². The number of aromatic amines is 1. The number of carbonyl (C=O) groups is 1. The third-order valence-corrected chi connectivity index (χ3v) is 4.14. The van der Waals surface area contributed by atoms with Crippen LogP contribution in [0.3, 0.4) is 0 Å². The highest BCUT2D eigenvalue weighted by molar-refractivity contribution is 6.16. The molecule has 0 aliphatic rings. The number of H-pyrrole nitrogens is 1. The summed E-state index contributed by atoms with van der Waals surface area (Å²) in [6.45, 7) is 0. The summed E-state index contributed by atoms with van der Waals surface area (Å²) in [6.07, 6.45) is 3.45. The van der Waals surface area contributed by atoms with Crippen molar-refractivity contribution in [2.45, 2.75) is 0 Å². The van der Waals surface area contributed by atoms with Gasteiger partial charge in [-0.1, -0.05) is 24.3 Å². The van der Waals surface area contributed by atoms with Crippen LogP contribution in [-0.4, -0.2) is 15.8 Å². The third-order valence-electron chi connectivity index (χ3n) is 4.14. The topological polar surface area (TPSA) is 97.8 Å². The summed E-state index contributed by atoms with van der Waals surface area (Å²) in [5.41, 5.74) is 16.5. The van der Waals surface area contributed by atoms with E-state index >= 15 is 0 Å².